The van der Waals surface area contributed by atoms with Crippen LogP contribution in [0.5, 0.6) is 0 Å². The normalized spacial score (nSPS) is 14.6. The van der Waals surface area contributed by atoms with E-state index >= 15 is 0 Å². The number of hydrogen-bond donors (Lipinski definition) is 0. The van der Waals surface area contributed by atoms with Crippen LogP contribution in [0.15, 0.2) is 36.5 Å². The highest BCUT2D eigenvalue weighted by Gasteiger charge is 2.24. The van der Waals surface area contributed by atoms with Crippen LogP contribution in [-0.4, -0.2) is 62.6 Å². The van der Waals surface area contributed by atoms with Gasteiger partial charge >= 0.3 is 0 Å². The highest BCUT2D eigenvalue weighted by molar-refractivity contribution is 6.27. The van der Waals surface area contributed by atoms with Crippen molar-refractivity contribution in [3.8, 4) is 5.69 Å². The van der Waals surface area contributed by atoms with E-state index in [1.54, 1.807) is 0 Å². The minimum absolute atomic E-state index is 0.0160. The SMILES string of the molecule is CCCc1nc(N2CCN(C(=O)CCl)CC2)c2cnn(-c3ccccc3)c2n1. The molecule has 1 saturated heterocycles. The monoisotopic (exact) mass is 398 g/mol. The van der Waals surface area contributed by atoms with Crippen LogP contribution in [0.3, 0.4) is 0 Å². The quantitative estimate of drug-likeness (QED) is 0.618. The van der Waals surface area contributed by atoms with Gasteiger partial charge in [-0.25, -0.2) is 14.6 Å². The summed E-state index contributed by atoms with van der Waals surface area (Å²) < 4.78 is 1.87. The molecule has 4 rings (SSSR count). The standard InChI is InChI=1S/C20H23ClN6O/c1-2-6-17-23-19(26-11-9-25(10-12-26)18(28)13-21)16-14-22-27(20(16)24-17)15-7-4-3-5-8-15/h3-5,7-8,14H,2,6,9-13H2,1H3. The zero-order chi connectivity index (χ0) is 19.5. The van der Waals surface area contributed by atoms with Crippen molar-refractivity contribution < 1.29 is 4.79 Å². The molecule has 3 heterocycles. The number of carbonyl (C=O) groups is 1. The Morgan fingerprint density at radius 1 is 1.11 bits per heavy atom. The lowest BCUT2D eigenvalue weighted by molar-refractivity contribution is -0.128. The van der Waals surface area contributed by atoms with Gasteiger partial charge in [-0.05, 0) is 18.6 Å². The first-order valence-corrected chi connectivity index (χ1v) is 10.1. The molecule has 0 unspecified atom stereocenters. The van der Waals surface area contributed by atoms with Gasteiger partial charge in [0, 0.05) is 32.6 Å². The molecule has 1 fully saturated rings. The molecule has 7 nitrogen and oxygen atoms in total. The Balaban J connectivity index is 1.72. The van der Waals surface area contributed by atoms with Crippen molar-refractivity contribution in [2.24, 2.45) is 0 Å². The Morgan fingerprint density at radius 3 is 2.54 bits per heavy atom. The topological polar surface area (TPSA) is 67.2 Å². The molecule has 1 aliphatic rings. The molecule has 0 atom stereocenters. The van der Waals surface area contributed by atoms with E-state index in [1.807, 2.05) is 46.1 Å². The summed E-state index contributed by atoms with van der Waals surface area (Å²) in [6.45, 7) is 4.85. The zero-order valence-corrected chi connectivity index (χ0v) is 16.6. The number of aromatic nitrogens is 4. The van der Waals surface area contributed by atoms with Gasteiger partial charge in [-0.15, -0.1) is 11.6 Å². The smallest absolute Gasteiger partial charge is 0.237 e. The lowest BCUT2D eigenvalue weighted by Crippen LogP contribution is -2.49. The van der Waals surface area contributed by atoms with Gasteiger partial charge in [0.25, 0.3) is 0 Å². The number of anilines is 1. The summed E-state index contributed by atoms with van der Waals surface area (Å²) in [7, 11) is 0. The number of hydrogen-bond acceptors (Lipinski definition) is 5. The summed E-state index contributed by atoms with van der Waals surface area (Å²) in [4.78, 5) is 25.5. The Bertz CT molecular complexity index is 965. The number of nitrogens with zero attached hydrogens (tertiary/aromatic N) is 6. The number of fused-ring (bicyclic) bond motifs is 1. The van der Waals surface area contributed by atoms with E-state index < -0.39 is 0 Å². The number of aryl methyl sites for hydroxylation is 1. The molecular formula is C20H23ClN6O. The fourth-order valence-corrected chi connectivity index (χ4v) is 3.69. The van der Waals surface area contributed by atoms with Gasteiger partial charge in [0.1, 0.15) is 17.5 Å². The van der Waals surface area contributed by atoms with E-state index in [4.69, 9.17) is 21.6 Å². The summed E-state index contributed by atoms with van der Waals surface area (Å²) >= 11 is 5.70. The molecule has 0 spiro atoms. The largest absolute Gasteiger partial charge is 0.352 e. The number of benzene rings is 1. The number of para-hydroxylation sites is 1. The summed E-state index contributed by atoms with van der Waals surface area (Å²) in [5.74, 6) is 1.73. The second-order valence-corrected chi connectivity index (χ2v) is 7.11. The average Bonchev–Trinajstić information content (AvgIpc) is 3.17. The van der Waals surface area contributed by atoms with Crippen LogP contribution in [0.25, 0.3) is 16.7 Å². The van der Waals surface area contributed by atoms with Gasteiger partial charge in [-0.3, -0.25) is 4.79 Å². The molecule has 0 N–H and O–H groups in total. The van der Waals surface area contributed by atoms with Crippen LogP contribution in [0, 0.1) is 0 Å². The number of amides is 1. The van der Waals surface area contributed by atoms with Crippen LogP contribution in [0.4, 0.5) is 5.82 Å². The minimum Gasteiger partial charge on any atom is -0.352 e. The Morgan fingerprint density at radius 2 is 1.86 bits per heavy atom. The van der Waals surface area contributed by atoms with E-state index in [0.29, 0.717) is 13.1 Å². The maximum atomic E-state index is 11.9. The van der Waals surface area contributed by atoms with Gasteiger partial charge in [0.2, 0.25) is 5.91 Å². The van der Waals surface area contributed by atoms with Crippen molar-refractivity contribution in [3.63, 3.8) is 0 Å². The molecule has 0 aliphatic carbocycles. The van der Waals surface area contributed by atoms with Crippen molar-refractivity contribution in [1.29, 1.82) is 0 Å². The first-order valence-electron chi connectivity index (χ1n) is 9.60. The second kappa shape index (κ2) is 8.14. The van der Waals surface area contributed by atoms with Crippen molar-refractivity contribution >= 4 is 34.4 Å². The summed E-state index contributed by atoms with van der Waals surface area (Å²) in [5, 5.41) is 5.52. The predicted molar refractivity (Wildman–Crippen MR) is 110 cm³/mol. The van der Waals surface area contributed by atoms with Crippen molar-refractivity contribution in [2.75, 3.05) is 37.0 Å². The minimum atomic E-state index is -0.0160. The van der Waals surface area contributed by atoms with Crippen LogP contribution in [-0.2, 0) is 11.2 Å². The number of rotatable bonds is 5. The van der Waals surface area contributed by atoms with E-state index in [0.717, 1.165) is 54.3 Å². The lowest BCUT2D eigenvalue weighted by Gasteiger charge is -2.35. The molecule has 1 aromatic carbocycles. The Hall–Kier alpha value is -2.67. The van der Waals surface area contributed by atoms with Gasteiger partial charge in [-0.1, -0.05) is 25.1 Å². The predicted octanol–water partition coefficient (Wildman–Crippen LogP) is 2.66. The third-order valence-electron chi connectivity index (χ3n) is 4.98. The van der Waals surface area contributed by atoms with Crippen LogP contribution < -0.4 is 4.90 Å². The zero-order valence-electron chi connectivity index (χ0n) is 15.9. The number of carbonyl (C=O) groups excluding carboxylic acids is 1. The maximum absolute atomic E-state index is 11.9. The molecule has 3 aromatic rings. The first kappa shape index (κ1) is 18.7. The molecular weight excluding hydrogens is 376 g/mol. The molecule has 0 bridgehead atoms. The first-order chi connectivity index (χ1) is 13.7. The fraction of sp³-hybridized carbons (Fsp3) is 0.400. The van der Waals surface area contributed by atoms with Gasteiger partial charge in [0.15, 0.2) is 5.65 Å². The van der Waals surface area contributed by atoms with Crippen molar-refractivity contribution in [3.05, 3.63) is 42.4 Å². The second-order valence-electron chi connectivity index (χ2n) is 6.84. The number of alkyl halides is 1. The molecule has 1 amide bonds. The Kier molecular flexibility index (Phi) is 5.43. The molecule has 1 aliphatic heterocycles. The summed E-state index contributed by atoms with van der Waals surface area (Å²) in [5.41, 5.74) is 1.79. The average molecular weight is 399 g/mol. The van der Waals surface area contributed by atoms with E-state index in [-0.39, 0.29) is 11.8 Å². The van der Waals surface area contributed by atoms with Crippen molar-refractivity contribution in [1.82, 2.24) is 24.6 Å². The summed E-state index contributed by atoms with van der Waals surface area (Å²) in [6.07, 6.45) is 3.62. The molecule has 2 aromatic heterocycles. The van der Waals surface area contributed by atoms with E-state index in [9.17, 15) is 4.79 Å². The van der Waals surface area contributed by atoms with Gasteiger partial charge < -0.3 is 9.80 Å². The number of piperazine rings is 1. The highest BCUT2D eigenvalue weighted by atomic mass is 35.5. The van der Waals surface area contributed by atoms with E-state index in [1.165, 1.54) is 0 Å². The van der Waals surface area contributed by atoms with Gasteiger partial charge in [0.05, 0.1) is 17.3 Å². The highest BCUT2D eigenvalue weighted by Crippen LogP contribution is 2.27. The van der Waals surface area contributed by atoms with Crippen LogP contribution in [0.2, 0.25) is 0 Å². The van der Waals surface area contributed by atoms with Crippen LogP contribution >= 0.6 is 11.6 Å². The lowest BCUT2D eigenvalue weighted by atomic mass is 10.2. The molecule has 28 heavy (non-hydrogen) atoms. The molecule has 0 saturated carbocycles. The summed E-state index contributed by atoms with van der Waals surface area (Å²) in [6, 6.07) is 10.0. The van der Waals surface area contributed by atoms with Crippen LogP contribution in [0.1, 0.15) is 19.2 Å². The molecule has 8 heteroatoms. The third-order valence-corrected chi connectivity index (χ3v) is 5.20. The van der Waals surface area contributed by atoms with Gasteiger partial charge in [-0.2, -0.15) is 5.10 Å². The van der Waals surface area contributed by atoms with E-state index in [2.05, 4.69) is 16.9 Å². The maximum Gasteiger partial charge on any atom is 0.237 e. The fourth-order valence-electron chi connectivity index (χ4n) is 3.52. The molecule has 146 valence electrons. The third kappa shape index (κ3) is 3.54. The van der Waals surface area contributed by atoms with Crippen molar-refractivity contribution in [2.45, 2.75) is 19.8 Å². The Labute approximate surface area is 168 Å². The molecule has 0 radical (unpaired) electrons. The number of halogens is 1.